The van der Waals surface area contributed by atoms with E-state index in [1.165, 1.54) is 19.2 Å². The monoisotopic (exact) mass is 468 g/mol. The normalized spacial score (nSPS) is 17.8. The maximum atomic E-state index is 14.6. The number of imide groups is 1. The molecular formula is C21H26F2N4O6. The summed E-state index contributed by atoms with van der Waals surface area (Å²) in [5, 5.41) is 7.39. The molecular weight excluding hydrogens is 442 g/mol. The number of nitrogens with zero attached hydrogens (tertiary/aromatic N) is 1. The molecule has 1 aromatic carbocycles. The van der Waals surface area contributed by atoms with Crippen LogP contribution in [0.15, 0.2) is 12.1 Å². The van der Waals surface area contributed by atoms with E-state index in [-0.39, 0.29) is 51.0 Å². The fraction of sp³-hybridized carbons (Fsp3) is 0.524. The van der Waals surface area contributed by atoms with Crippen LogP contribution in [-0.2, 0) is 23.9 Å². The van der Waals surface area contributed by atoms with Gasteiger partial charge in [-0.1, -0.05) is 6.92 Å². The third-order valence-electron chi connectivity index (χ3n) is 5.84. The number of halogens is 2. The highest BCUT2D eigenvalue weighted by Gasteiger charge is 2.48. The Morgan fingerprint density at radius 1 is 1.27 bits per heavy atom. The second-order valence-electron chi connectivity index (χ2n) is 8.18. The Bertz CT molecular complexity index is 910. The van der Waals surface area contributed by atoms with E-state index in [0.717, 1.165) is 0 Å². The minimum Gasteiger partial charge on any atom is -0.467 e. The van der Waals surface area contributed by atoms with E-state index in [1.54, 1.807) is 11.8 Å². The van der Waals surface area contributed by atoms with Crippen molar-refractivity contribution in [3.8, 4) is 0 Å². The zero-order valence-electron chi connectivity index (χ0n) is 18.3. The number of ether oxygens (including phenoxy) is 2. The summed E-state index contributed by atoms with van der Waals surface area (Å²) >= 11 is 0. The highest BCUT2D eigenvalue weighted by Crippen LogP contribution is 2.32. The van der Waals surface area contributed by atoms with Crippen LogP contribution in [0.2, 0.25) is 0 Å². The summed E-state index contributed by atoms with van der Waals surface area (Å²) in [6, 6.07) is 2.39. The van der Waals surface area contributed by atoms with Gasteiger partial charge < -0.3 is 25.0 Å². The maximum absolute atomic E-state index is 14.6. The van der Waals surface area contributed by atoms with Crippen LogP contribution in [0.4, 0.5) is 19.3 Å². The fourth-order valence-corrected chi connectivity index (χ4v) is 3.81. The number of anilines is 1. The molecule has 0 bridgehead atoms. The molecule has 0 spiro atoms. The number of nitrogens with one attached hydrogen (secondary N) is 3. The first-order valence-electron chi connectivity index (χ1n) is 10.4. The molecule has 10 nitrogen and oxygen atoms in total. The van der Waals surface area contributed by atoms with Gasteiger partial charge >= 0.3 is 12.1 Å². The first-order valence-corrected chi connectivity index (χ1v) is 10.4. The summed E-state index contributed by atoms with van der Waals surface area (Å²) in [7, 11) is 1.23. The molecule has 33 heavy (non-hydrogen) atoms. The minimum atomic E-state index is -1.15. The average Bonchev–Trinajstić information content (AvgIpc) is 2.70. The first-order chi connectivity index (χ1) is 15.7. The molecule has 3 amide bonds. The van der Waals surface area contributed by atoms with Gasteiger partial charge in [-0.05, 0) is 24.5 Å². The Kier molecular flexibility index (Phi) is 7.46. The number of carbonyl (C=O) groups excluding carboxylic acids is 4. The van der Waals surface area contributed by atoms with Crippen molar-refractivity contribution >= 4 is 30.1 Å². The van der Waals surface area contributed by atoms with E-state index in [4.69, 9.17) is 9.47 Å². The van der Waals surface area contributed by atoms with Crippen molar-refractivity contribution in [2.24, 2.45) is 0 Å². The molecule has 2 fully saturated rings. The van der Waals surface area contributed by atoms with Crippen molar-refractivity contribution in [1.29, 1.82) is 0 Å². The molecule has 0 radical (unpaired) electrons. The third-order valence-corrected chi connectivity index (χ3v) is 5.84. The number of benzene rings is 1. The molecule has 3 rings (SSSR count). The van der Waals surface area contributed by atoms with E-state index in [1.807, 2.05) is 5.32 Å². The van der Waals surface area contributed by atoms with Crippen molar-refractivity contribution in [1.82, 2.24) is 16.0 Å². The lowest BCUT2D eigenvalue weighted by Crippen LogP contribution is -2.73. The number of amides is 3. The second kappa shape index (κ2) is 10.1. The predicted molar refractivity (Wildman–Crippen MR) is 111 cm³/mol. The van der Waals surface area contributed by atoms with E-state index in [9.17, 15) is 28.0 Å². The van der Waals surface area contributed by atoms with Crippen LogP contribution in [0.25, 0.3) is 0 Å². The molecule has 1 atom stereocenters. The Balaban J connectivity index is 1.53. The number of hydrogen-bond acceptors (Lipinski definition) is 8. The number of esters is 1. The topological polar surface area (TPSA) is 126 Å². The summed E-state index contributed by atoms with van der Waals surface area (Å²) in [5.41, 5.74) is -0.983. The van der Waals surface area contributed by atoms with Crippen LogP contribution < -0.4 is 20.9 Å². The van der Waals surface area contributed by atoms with Gasteiger partial charge in [0.2, 0.25) is 12.3 Å². The standard InChI is InChI=1S/C21H26F2N4O6/c1-12(3-4-17(29)25-11-28)18-15(22)5-13(6-16(18)23)27-7-14(8-27)33-20(31)26-21(9-24-10-21)19(30)32-2/h5-6,11-12,14,24H,3-4,7-10H2,1-2H3,(H,26,31)(H,25,28,29). The van der Waals surface area contributed by atoms with Crippen LogP contribution in [0.5, 0.6) is 0 Å². The van der Waals surface area contributed by atoms with Gasteiger partial charge in [-0.2, -0.15) is 0 Å². The molecule has 2 aliphatic heterocycles. The molecule has 1 unspecified atom stereocenters. The number of rotatable bonds is 9. The molecule has 180 valence electrons. The number of methoxy groups -OCH3 is 1. The van der Waals surface area contributed by atoms with Crippen molar-refractivity contribution in [2.75, 3.05) is 38.2 Å². The Morgan fingerprint density at radius 3 is 2.42 bits per heavy atom. The zero-order chi connectivity index (χ0) is 24.2. The van der Waals surface area contributed by atoms with Crippen molar-refractivity contribution < 1.29 is 37.4 Å². The summed E-state index contributed by atoms with van der Waals surface area (Å²) in [6.07, 6.45) is -0.885. The zero-order valence-corrected chi connectivity index (χ0v) is 18.3. The lowest BCUT2D eigenvalue weighted by Gasteiger charge is -2.42. The molecule has 2 aliphatic rings. The first kappa shape index (κ1) is 24.4. The molecule has 3 N–H and O–H groups in total. The SMILES string of the molecule is COC(=O)C1(NC(=O)OC2CN(c3cc(F)c(C(C)CCC(=O)NC=O)c(F)c3)C2)CNC1. The summed E-state index contributed by atoms with van der Waals surface area (Å²) in [4.78, 5) is 47.3. The van der Waals surface area contributed by atoms with E-state index in [0.29, 0.717) is 5.69 Å². The van der Waals surface area contributed by atoms with Crippen molar-refractivity contribution in [3.05, 3.63) is 29.3 Å². The average molecular weight is 468 g/mol. The largest absolute Gasteiger partial charge is 0.467 e. The van der Waals surface area contributed by atoms with Gasteiger partial charge in [0.1, 0.15) is 17.7 Å². The molecule has 0 saturated carbocycles. The van der Waals surface area contributed by atoms with Gasteiger partial charge in [0, 0.05) is 30.8 Å². The van der Waals surface area contributed by atoms with E-state index >= 15 is 0 Å². The highest BCUT2D eigenvalue weighted by atomic mass is 19.1. The number of carbonyl (C=O) groups is 4. The van der Waals surface area contributed by atoms with Gasteiger partial charge in [-0.25, -0.2) is 18.4 Å². The van der Waals surface area contributed by atoms with Crippen LogP contribution in [0, 0.1) is 11.6 Å². The Labute approximate surface area is 189 Å². The summed E-state index contributed by atoms with van der Waals surface area (Å²) in [5.74, 6) is -3.15. The van der Waals surface area contributed by atoms with Gasteiger partial charge in [0.05, 0.1) is 20.2 Å². The Morgan fingerprint density at radius 2 is 1.91 bits per heavy atom. The number of hydrogen-bond donors (Lipinski definition) is 3. The third kappa shape index (κ3) is 5.38. The van der Waals surface area contributed by atoms with Gasteiger partial charge in [0.15, 0.2) is 5.54 Å². The van der Waals surface area contributed by atoms with E-state index < -0.39 is 47.2 Å². The highest BCUT2D eigenvalue weighted by molar-refractivity contribution is 5.87. The predicted octanol–water partition coefficient (Wildman–Crippen LogP) is 0.551. The molecule has 0 aliphatic carbocycles. The number of alkyl carbamates (subject to hydrolysis) is 1. The van der Waals surface area contributed by atoms with Crippen molar-refractivity contribution in [3.63, 3.8) is 0 Å². The Hall–Kier alpha value is -3.28. The van der Waals surface area contributed by atoms with Crippen LogP contribution in [0.1, 0.15) is 31.2 Å². The maximum Gasteiger partial charge on any atom is 0.408 e. The quantitative estimate of drug-likeness (QED) is 0.354. The summed E-state index contributed by atoms with van der Waals surface area (Å²) in [6.45, 7) is 2.53. The van der Waals surface area contributed by atoms with E-state index in [2.05, 4.69) is 10.6 Å². The molecule has 2 saturated heterocycles. The molecule has 2 heterocycles. The van der Waals surface area contributed by atoms with Crippen LogP contribution in [-0.4, -0.2) is 69.3 Å². The summed E-state index contributed by atoms with van der Waals surface area (Å²) < 4.78 is 39.3. The van der Waals surface area contributed by atoms with Gasteiger partial charge in [0.25, 0.3) is 0 Å². The molecule has 12 heteroatoms. The van der Waals surface area contributed by atoms with Crippen LogP contribution >= 0.6 is 0 Å². The lowest BCUT2D eigenvalue weighted by molar-refractivity contribution is -0.150. The van der Waals surface area contributed by atoms with Crippen molar-refractivity contribution in [2.45, 2.75) is 37.3 Å². The smallest absolute Gasteiger partial charge is 0.408 e. The molecule has 0 aromatic heterocycles. The fourth-order valence-electron chi connectivity index (χ4n) is 3.81. The second-order valence-corrected chi connectivity index (χ2v) is 8.18. The van der Waals surface area contributed by atoms with Gasteiger partial charge in [-0.15, -0.1) is 0 Å². The molecule has 1 aromatic rings. The lowest BCUT2D eigenvalue weighted by atomic mass is 9.93. The minimum absolute atomic E-state index is 0.0406. The van der Waals surface area contributed by atoms with Gasteiger partial charge in [-0.3, -0.25) is 14.9 Å². The van der Waals surface area contributed by atoms with Crippen LogP contribution in [0.3, 0.4) is 0 Å².